The van der Waals surface area contributed by atoms with Crippen molar-refractivity contribution in [1.82, 2.24) is 9.78 Å². The predicted molar refractivity (Wildman–Crippen MR) is 65.2 cm³/mol. The molecule has 0 saturated carbocycles. The Morgan fingerprint density at radius 1 is 1.33 bits per heavy atom. The molecule has 0 aliphatic heterocycles. The number of aromatic hydroxyl groups is 1. The summed E-state index contributed by atoms with van der Waals surface area (Å²) in [5.41, 5.74) is 7.24. The molecule has 1 aromatic heterocycles. The van der Waals surface area contributed by atoms with E-state index in [4.69, 9.17) is 15.9 Å². The fraction of sp³-hybridized carbons (Fsp3) is 0.167. The van der Waals surface area contributed by atoms with Gasteiger partial charge in [-0.2, -0.15) is 5.10 Å². The molecule has 0 bridgehead atoms. The van der Waals surface area contributed by atoms with E-state index in [9.17, 15) is 4.79 Å². The summed E-state index contributed by atoms with van der Waals surface area (Å²) in [6.45, 7) is 0.436. The Bertz CT molecular complexity index is 560. The zero-order chi connectivity index (χ0) is 13.1. The molecule has 0 saturated heterocycles. The first kappa shape index (κ1) is 12.0. The molecule has 0 aliphatic rings. The topological polar surface area (TPSA) is 101 Å². The van der Waals surface area contributed by atoms with Crippen LogP contribution in [0.15, 0.2) is 30.5 Å². The first-order valence-corrected chi connectivity index (χ1v) is 5.36. The number of phenols is 1. The van der Waals surface area contributed by atoms with Crippen LogP contribution in [0.3, 0.4) is 0 Å². The maximum atomic E-state index is 10.6. The van der Waals surface area contributed by atoms with Crippen molar-refractivity contribution in [3.8, 4) is 5.75 Å². The highest BCUT2D eigenvalue weighted by atomic mass is 16.4. The molecule has 0 unspecified atom stereocenters. The first-order valence-electron chi connectivity index (χ1n) is 5.36. The molecule has 6 heteroatoms. The number of hydrogen-bond acceptors (Lipinski definition) is 4. The summed E-state index contributed by atoms with van der Waals surface area (Å²) in [7, 11) is 0. The highest BCUT2D eigenvalue weighted by Gasteiger charge is 2.10. The second kappa shape index (κ2) is 4.79. The normalized spacial score (nSPS) is 10.4. The number of aliphatic carboxylic acids is 1. The highest BCUT2D eigenvalue weighted by Crippen LogP contribution is 2.15. The molecule has 1 heterocycles. The number of nitrogens with zero attached hydrogens (tertiary/aromatic N) is 2. The van der Waals surface area contributed by atoms with Crippen molar-refractivity contribution >= 4 is 11.8 Å². The maximum absolute atomic E-state index is 10.6. The van der Waals surface area contributed by atoms with E-state index < -0.39 is 5.97 Å². The van der Waals surface area contributed by atoms with E-state index in [0.717, 1.165) is 5.56 Å². The number of nitrogen functional groups attached to an aromatic ring is 1. The number of carbonyl (C=O) groups is 1. The van der Waals surface area contributed by atoms with Crippen LogP contribution in [0.2, 0.25) is 0 Å². The molecular formula is C12H13N3O3. The smallest absolute Gasteiger partial charge is 0.308 e. The summed E-state index contributed by atoms with van der Waals surface area (Å²) < 4.78 is 1.53. The van der Waals surface area contributed by atoms with Crippen LogP contribution in [0.5, 0.6) is 5.75 Å². The van der Waals surface area contributed by atoms with Gasteiger partial charge in [0.05, 0.1) is 19.2 Å². The average Bonchev–Trinajstić information content (AvgIpc) is 2.64. The highest BCUT2D eigenvalue weighted by molar-refractivity contribution is 5.72. The van der Waals surface area contributed by atoms with Crippen LogP contribution in [0.25, 0.3) is 0 Å². The molecule has 1 aromatic carbocycles. The minimum absolute atomic E-state index is 0.137. The number of nitrogens with two attached hydrogens (primary N) is 1. The van der Waals surface area contributed by atoms with Gasteiger partial charge in [0.2, 0.25) is 0 Å². The fourth-order valence-electron chi connectivity index (χ4n) is 1.63. The molecule has 2 rings (SSSR count). The van der Waals surface area contributed by atoms with Crippen LogP contribution < -0.4 is 5.73 Å². The Morgan fingerprint density at radius 3 is 2.61 bits per heavy atom. The van der Waals surface area contributed by atoms with Gasteiger partial charge < -0.3 is 15.9 Å². The second-order valence-corrected chi connectivity index (χ2v) is 3.95. The van der Waals surface area contributed by atoms with Gasteiger partial charge in [0.15, 0.2) is 0 Å². The molecule has 18 heavy (non-hydrogen) atoms. The number of benzene rings is 1. The summed E-state index contributed by atoms with van der Waals surface area (Å²) >= 11 is 0. The lowest BCUT2D eigenvalue weighted by atomic mass is 10.2. The van der Waals surface area contributed by atoms with Gasteiger partial charge in [0.1, 0.15) is 11.6 Å². The van der Waals surface area contributed by atoms with Gasteiger partial charge in [-0.05, 0) is 17.7 Å². The van der Waals surface area contributed by atoms with Crippen molar-refractivity contribution < 1.29 is 15.0 Å². The third kappa shape index (κ3) is 2.60. The van der Waals surface area contributed by atoms with Gasteiger partial charge in [-0.15, -0.1) is 0 Å². The lowest BCUT2D eigenvalue weighted by molar-refractivity contribution is -0.136. The van der Waals surface area contributed by atoms with Gasteiger partial charge in [-0.25, -0.2) is 4.68 Å². The monoisotopic (exact) mass is 247 g/mol. The predicted octanol–water partition coefficient (Wildman–Crippen LogP) is 0.846. The summed E-state index contributed by atoms with van der Waals surface area (Å²) in [4.78, 5) is 10.6. The quantitative estimate of drug-likeness (QED) is 0.743. The summed E-state index contributed by atoms with van der Waals surface area (Å²) in [5.74, 6) is -0.393. The fourth-order valence-corrected chi connectivity index (χ4v) is 1.63. The molecule has 0 aliphatic carbocycles. The van der Waals surface area contributed by atoms with Crippen LogP contribution in [-0.4, -0.2) is 26.0 Å². The Hall–Kier alpha value is -2.50. The zero-order valence-corrected chi connectivity index (χ0v) is 9.58. The number of carboxylic acids is 1. The summed E-state index contributed by atoms with van der Waals surface area (Å²) in [6, 6.07) is 6.67. The zero-order valence-electron chi connectivity index (χ0n) is 9.58. The lowest BCUT2D eigenvalue weighted by Crippen LogP contribution is -2.08. The molecule has 0 amide bonds. The van der Waals surface area contributed by atoms with Gasteiger partial charge >= 0.3 is 5.97 Å². The standard InChI is InChI=1S/C12H13N3O3/c13-12-9(5-11(17)18)6-14-15(12)7-8-1-3-10(16)4-2-8/h1-4,6,16H,5,7,13H2,(H,17,18). The molecule has 0 fully saturated rings. The molecule has 0 spiro atoms. The molecular weight excluding hydrogens is 234 g/mol. The van der Waals surface area contributed by atoms with Crippen molar-refractivity contribution in [2.24, 2.45) is 0 Å². The summed E-state index contributed by atoms with van der Waals surface area (Å²) in [6.07, 6.45) is 1.32. The van der Waals surface area contributed by atoms with E-state index in [1.807, 2.05) is 0 Å². The SMILES string of the molecule is Nc1c(CC(=O)O)cnn1Cc1ccc(O)cc1. The third-order valence-corrected chi connectivity index (χ3v) is 2.57. The molecule has 0 atom stereocenters. The van der Waals surface area contributed by atoms with E-state index in [2.05, 4.69) is 5.10 Å². The molecule has 6 nitrogen and oxygen atoms in total. The van der Waals surface area contributed by atoms with Crippen LogP contribution in [0.4, 0.5) is 5.82 Å². The number of aromatic nitrogens is 2. The van der Waals surface area contributed by atoms with Crippen molar-refractivity contribution in [2.75, 3.05) is 5.73 Å². The van der Waals surface area contributed by atoms with Gasteiger partial charge in [-0.3, -0.25) is 4.79 Å². The minimum Gasteiger partial charge on any atom is -0.508 e. The minimum atomic E-state index is -0.939. The van der Waals surface area contributed by atoms with Crippen LogP contribution in [0.1, 0.15) is 11.1 Å². The lowest BCUT2D eigenvalue weighted by Gasteiger charge is -2.05. The first-order chi connectivity index (χ1) is 8.56. The number of anilines is 1. The van der Waals surface area contributed by atoms with E-state index in [0.29, 0.717) is 17.9 Å². The van der Waals surface area contributed by atoms with Crippen molar-refractivity contribution in [2.45, 2.75) is 13.0 Å². The van der Waals surface area contributed by atoms with Gasteiger partial charge in [0.25, 0.3) is 0 Å². The van der Waals surface area contributed by atoms with Gasteiger partial charge in [0, 0.05) is 5.56 Å². The van der Waals surface area contributed by atoms with Gasteiger partial charge in [-0.1, -0.05) is 12.1 Å². The molecule has 2 aromatic rings. The van der Waals surface area contributed by atoms with Crippen molar-refractivity contribution in [3.63, 3.8) is 0 Å². The van der Waals surface area contributed by atoms with Crippen LogP contribution in [0, 0.1) is 0 Å². The number of rotatable bonds is 4. The second-order valence-electron chi connectivity index (χ2n) is 3.95. The number of hydrogen-bond donors (Lipinski definition) is 3. The van der Waals surface area contributed by atoms with E-state index in [1.165, 1.54) is 10.9 Å². The molecule has 94 valence electrons. The maximum Gasteiger partial charge on any atom is 0.308 e. The van der Waals surface area contributed by atoms with Crippen LogP contribution >= 0.6 is 0 Å². The van der Waals surface area contributed by atoms with E-state index in [1.54, 1.807) is 24.3 Å². The van der Waals surface area contributed by atoms with Crippen molar-refractivity contribution in [3.05, 3.63) is 41.6 Å². The van der Waals surface area contributed by atoms with Crippen molar-refractivity contribution in [1.29, 1.82) is 0 Å². The molecule has 4 N–H and O–H groups in total. The Morgan fingerprint density at radius 2 is 2.00 bits per heavy atom. The number of phenolic OH excluding ortho intramolecular Hbond substituents is 1. The van der Waals surface area contributed by atoms with E-state index in [-0.39, 0.29) is 12.2 Å². The molecule has 0 radical (unpaired) electrons. The van der Waals surface area contributed by atoms with Crippen LogP contribution in [-0.2, 0) is 17.8 Å². The number of carboxylic acid groups (broad SMARTS) is 1. The largest absolute Gasteiger partial charge is 0.508 e. The third-order valence-electron chi connectivity index (χ3n) is 2.57. The Kier molecular flexibility index (Phi) is 3.18. The van der Waals surface area contributed by atoms with E-state index >= 15 is 0 Å². The summed E-state index contributed by atoms with van der Waals surface area (Å²) in [5, 5.41) is 21.9. The Balaban J connectivity index is 2.17. The average molecular weight is 247 g/mol. The Labute approximate surface area is 103 Å².